The number of pyridine rings is 1. The molecule has 11 aromatic rings. The van der Waals surface area contributed by atoms with Crippen molar-refractivity contribution in [3.63, 3.8) is 0 Å². The van der Waals surface area contributed by atoms with E-state index < -0.39 is 0 Å². The van der Waals surface area contributed by atoms with Crippen molar-refractivity contribution < 1.29 is 4.42 Å². The molecule has 0 radical (unpaired) electrons. The highest BCUT2D eigenvalue weighted by Gasteiger charge is 2.19. The largest absolute Gasteiger partial charge is 0.455 e. The molecule has 0 bridgehead atoms. The third-order valence-corrected chi connectivity index (χ3v) is 10.7. The summed E-state index contributed by atoms with van der Waals surface area (Å²) in [6.45, 7) is 0. The summed E-state index contributed by atoms with van der Waals surface area (Å²) < 4.78 is 6.85. The molecule has 0 aliphatic rings. The van der Waals surface area contributed by atoms with Gasteiger partial charge in [-0.25, -0.2) is 9.97 Å². The van der Waals surface area contributed by atoms with Crippen LogP contribution in [0.5, 0.6) is 0 Å². The van der Waals surface area contributed by atoms with Crippen LogP contribution < -0.4 is 0 Å². The molecule has 0 spiro atoms. The third kappa shape index (κ3) is 5.26. The van der Waals surface area contributed by atoms with Crippen molar-refractivity contribution in [1.82, 2.24) is 15.0 Å². The Labute approximate surface area is 317 Å². The minimum atomic E-state index is 0.632. The van der Waals surface area contributed by atoms with Crippen LogP contribution in [0.1, 0.15) is 0 Å². The zero-order valence-corrected chi connectivity index (χ0v) is 29.6. The van der Waals surface area contributed by atoms with Crippen molar-refractivity contribution in [2.45, 2.75) is 0 Å². The number of hydrogen-bond donors (Lipinski definition) is 0. The fourth-order valence-corrected chi connectivity index (χ4v) is 8.09. The Morgan fingerprint density at radius 3 is 1.49 bits per heavy atom. The minimum Gasteiger partial charge on any atom is -0.455 e. The van der Waals surface area contributed by atoms with Crippen LogP contribution in [-0.2, 0) is 0 Å². The van der Waals surface area contributed by atoms with Crippen molar-refractivity contribution in [3.8, 4) is 56.2 Å². The first-order valence-electron chi connectivity index (χ1n) is 18.5. The van der Waals surface area contributed by atoms with E-state index in [0.717, 1.165) is 72.3 Å². The highest BCUT2D eigenvalue weighted by molar-refractivity contribution is 6.28. The Kier molecular flexibility index (Phi) is 7.14. The van der Waals surface area contributed by atoms with Crippen LogP contribution in [0.25, 0.3) is 110 Å². The second-order valence-electron chi connectivity index (χ2n) is 14.0. The first-order chi connectivity index (χ1) is 27.2. The third-order valence-electron chi connectivity index (χ3n) is 10.7. The Balaban J connectivity index is 1.14. The molecule has 8 aromatic carbocycles. The number of hydrogen-bond acceptors (Lipinski definition) is 4. The van der Waals surface area contributed by atoms with Gasteiger partial charge in [-0.1, -0.05) is 146 Å². The van der Waals surface area contributed by atoms with E-state index in [-0.39, 0.29) is 0 Å². The fraction of sp³-hybridized carbons (Fsp3) is 0. The van der Waals surface area contributed by atoms with Crippen LogP contribution in [0, 0.1) is 0 Å². The number of nitrogens with zero attached hydrogens (tertiary/aromatic N) is 3. The molecular formula is C51H31N3O. The molecule has 4 heteroatoms. The summed E-state index contributed by atoms with van der Waals surface area (Å²) in [5, 5.41) is 9.23. The van der Waals surface area contributed by atoms with Crippen molar-refractivity contribution in [1.29, 1.82) is 0 Å². The lowest BCUT2D eigenvalue weighted by atomic mass is 9.93. The molecular weight excluding hydrogens is 671 g/mol. The van der Waals surface area contributed by atoms with E-state index in [2.05, 4.69) is 164 Å². The quantitative estimate of drug-likeness (QED) is 0.168. The van der Waals surface area contributed by atoms with Crippen molar-refractivity contribution >= 4 is 54.3 Å². The van der Waals surface area contributed by atoms with Gasteiger partial charge in [-0.2, -0.15) is 0 Å². The van der Waals surface area contributed by atoms with Crippen LogP contribution in [-0.4, -0.2) is 15.0 Å². The van der Waals surface area contributed by atoms with Crippen LogP contribution in [0.15, 0.2) is 193 Å². The number of aromatic nitrogens is 3. The summed E-state index contributed by atoms with van der Waals surface area (Å²) in [5.41, 5.74) is 10.4. The standard InChI is InChI=1S/C51H31N3O/c1-3-13-32(14-4-1)34-17-11-19-36(25-34)47-29-48(54-51(53-47)37-20-12-18-35(26-37)33-15-5-2-6-16-33)46-31-52-30-45-44-27-42-40-23-9-7-21-38(40)39-22-8-10-24-41(39)43(42)28-49(44)55-50(45)46/h1-31H. The summed E-state index contributed by atoms with van der Waals surface area (Å²) in [4.78, 5) is 15.3. The number of rotatable bonds is 5. The van der Waals surface area contributed by atoms with Gasteiger partial charge in [0, 0.05) is 34.3 Å². The predicted molar refractivity (Wildman–Crippen MR) is 227 cm³/mol. The van der Waals surface area contributed by atoms with E-state index in [1.165, 1.54) is 32.3 Å². The number of fused-ring (bicyclic) bond motifs is 9. The summed E-state index contributed by atoms with van der Waals surface area (Å²) in [7, 11) is 0. The zero-order chi connectivity index (χ0) is 36.3. The second kappa shape index (κ2) is 12.6. The Bertz CT molecular complexity index is 3160. The van der Waals surface area contributed by atoms with Crippen LogP contribution in [0.4, 0.5) is 0 Å². The lowest BCUT2D eigenvalue weighted by Crippen LogP contribution is -1.97. The van der Waals surface area contributed by atoms with E-state index in [9.17, 15) is 0 Å². The van der Waals surface area contributed by atoms with Crippen molar-refractivity contribution in [2.75, 3.05) is 0 Å². The van der Waals surface area contributed by atoms with E-state index in [1.54, 1.807) is 0 Å². The molecule has 0 amide bonds. The molecule has 256 valence electrons. The molecule has 0 aliphatic carbocycles. The van der Waals surface area contributed by atoms with Gasteiger partial charge < -0.3 is 4.42 Å². The zero-order valence-electron chi connectivity index (χ0n) is 29.6. The van der Waals surface area contributed by atoms with E-state index in [4.69, 9.17) is 19.4 Å². The first-order valence-corrected chi connectivity index (χ1v) is 18.5. The maximum absolute atomic E-state index is 6.85. The molecule has 0 saturated heterocycles. The van der Waals surface area contributed by atoms with Gasteiger partial charge in [-0.05, 0) is 84.9 Å². The van der Waals surface area contributed by atoms with E-state index in [1.807, 2.05) is 24.5 Å². The highest BCUT2D eigenvalue weighted by atomic mass is 16.3. The van der Waals surface area contributed by atoms with Crippen LogP contribution in [0.3, 0.4) is 0 Å². The molecule has 11 rings (SSSR count). The molecule has 55 heavy (non-hydrogen) atoms. The van der Waals surface area contributed by atoms with Crippen molar-refractivity contribution in [3.05, 3.63) is 188 Å². The average molecular weight is 702 g/mol. The molecule has 3 aromatic heterocycles. The molecule has 4 nitrogen and oxygen atoms in total. The smallest absolute Gasteiger partial charge is 0.160 e. The van der Waals surface area contributed by atoms with Crippen LogP contribution in [0.2, 0.25) is 0 Å². The monoisotopic (exact) mass is 701 g/mol. The van der Waals surface area contributed by atoms with Gasteiger partial charge in [0.15, 0.2) is 5.82 Å². The van der Waals surface area contributed by atoms with Gasteiger partial charge >= 0.3 is 0 Å². The lowest BCUT2D eigenvalue weighted by molar-refractivity contribution is 0.670. The first kappa shape index (κ1) is 31.1. The molecule has 0 unspecified atom stereocenters. The Hall–Kier alpha value is -7.43. The average Bonchev–Trinajstić information content (AvgIpc) is 3.64. The minimum absolute atomic E-state index is 0.632. The van der Waals surface area contributed by atoms with E-state index in [0.29, 0.717) is 5.82 Å². The van der Waals surface area contributed by atoms with Gasteiger partial charge in [-0.15, -0.1) is 0 Å². The van der Waals surface area contributed by atoms with E-state index >= 15 is 0 Å². The lowest BCUT2D eigenvalue weighted by Gasteiger charge is -2.11. The SMILES string of the molecule is c1ccc(-c2cccc(-c3cc(-c4cncc5c4oc4cc6c7ccccc7c7ccccc7c6cc45)nc(-c4cccc(-c5ccccc5)c4)n3)c2)cc1. The maximum atomic E-state index is 6.85. The van der Waals surface area contributed by atoms with Gasteiger partial charge in [0.2, 0.25) is 0 Å². The molecule has 0 N–H and O–H groups in total. The predicted octanol–water partition coefficient (Wildman–Crippen LogP) is 13.6. The van der Waals surface area contributed by atoms with Gasteiger partial charge in [0.25, 0.3) is 0 Å². The maximum Gasteiger partial charge on any atom is 0.160 e. The van der Waals surface area contributed by atoms with Crippen LogP contribution >= 0.6 is 0 Å². The summed E-state index contributed by atoms with van der Waals surface area (Å²) in [6.07, 6.45) is 3.78. The Morgan fingerprint density at radius 2 is 0.836 bits per heavy atom. The fourth-order valence-electron chi connectivity index (χ4n) is 8.09. The molecule has 0 aliphatic heterocycles. The van der Waals surface area contributed by atoms with Crippen molar-refractivity contribution in [2.24, 2.45) is 0 Å². The summed E-state index contributed by atoms with van der Waals surface area (Å²) >= 11 is 0. The van der Waals surface area contributed by atoms with Gasteiger partial charge in [0.1, 0.15) is 11.2 Å². The molecule has 0 fully saturated rings. The second-order valence-corrected chi connectivity index (χ2v) is 14.0. The summed E-state index contributed by atoms with van der Waals surface area (Å²) in [5.74, 6) is 0.632. The number of furan rings is 1. The normalized spacial score (nSPS) is 11.6. The van der Waals surface area contributed by atoms with Gasteiger partial charge in [-0.3, -0.25) is 4.98 Å². The molecule has 0 saturated carbocycles. The summed E-state index contributed by atoms with van der Waals surface area (Å²) in [6, 6.07) is 61.7. The van der Waals surface area contributed by atoms with Gasteiger partial charge in [0.05, 0.1) is 17.0 Å². The number of benzene rings is 8. The molecule has 3 heterocycles. The molecule has 0 atom stereocenters. The highest BCUT2D eigenvalue weighted by Crippen LogP contribution is 2.42. The Morgan fingerprint density at radius 1 is 0.327 bits per heavy atom. The topological polar surface area (TPSA) is 51.8 Å².